The highest BCUT2D eigenvalue weighted by Crippen LogP contribution is 2.43. The Bertz CT molecular complexity index is 1020. The van der Waals surface area contributed by atoms with Crippen LogP contribution in [-0.2, 0) is 0 Å². The number of carbonyl (C=O) groups excluding carboxylic acids is 1. The van der Waals surface area contributed by atoms with E-state index in [1.165, 1.54) is 30.6 Å². The van der Waals surface area contributed by atoms with Crippen molar-refractivity contribution in [2.45, 2.75) is 50.9 Å². The van der Waals surface area contributed by atoms with Crippen molar-refractivity contribution in [3.63, 3.8) is 0 Å². The second-order valence-corrected chi connectivity index (χ2v) is 9.60. The molecule has 0 bridgehead atoms. The molecule has 31 heavy (non-hydrogen) atoms. The van der Waals surface area contributed by atoms with Crippen LogP contribution in [0.15, 0.2) is 42.5 Å². The third-order valence-electron chi connectivity index (χ3n) is 6.04. The number of carbonyl (C=O) groups is 1. The number of benzene rings is 2. The molecular formula is C26H29ClO3S. The number of methoxy groups -OCH3 is 1. The molecule has 0 unspecified atom stereocenters. The molecule has 0 saturated heterocycles. The van der Waals surface area contributed by atoms with Crippen LogP contribution in [0.5, 0.6) is 11.5 Å². The summed E-state index contributed by atoms with van der Waals surface area (Å²) in [7, 11) is 1.68. The summed E-state index contributed by atoms with van der Waals surface area (Å²) in [5.74, 6) is 2.74. The molecule has 1 heterocycles. The van der Waals surface area contributed by atoms with Crippen molar-refractivity contribution in [1.82, 2.24) is 0 Å². The maximum atomic E-state index is 13.7. The van der Waals surface area contributed by atoms with Crippen molar-refractivity contribution in [2.75, 3.05) is 19.6 Å². The average molecular weight is 457 g/mol. The molecule has 1 aromatic heterocycles. The number of alkyl halides is 1. The lowest BCUT2D eigenvalue weighted by Gasteiger charge is -2.15. The van der Waals surface area contributed by atoms with Gasteiger partial charge in [-0.15, -0.1) is 22.9 Å². The Hall–Kier alpha value is -2.04. The topological polar surface area (TPSA) is 35.5 Å². The molecule has 0 atom stereocenters. The molecule has 0 N–H and O–H groups in total. The van der Waals surface area contributed by atoms with Crippen molar-refractivity contribution in [2.24, 2.45) is 0 Å². The number of ketones is 1. The lowest BCUT2D eigenvalue weighted by Crippen LogP contribution is -2.07. The number of fused-ring (bicyclic) bond motifs is 1. The van der Waals surface area contributed by atoms with Crippen LogP contribution in [0.25, 0.3) is 10.1 Å². The van der Waals surface area contributed by atoms with Crippen LogP contribution in [0.4, 0.5) is 0 Å². The summed E-state index contributed by atoms with van der Waals surface area (Å²) in [5, 5.41) is 1.04. The van der Waals surface area contributed by atoms with Crippen LogP contribution in [0, 0.1) is 0 Å². The van der Waals surface area contributed by atoms with E-state index in [0.29, 0.717) is 24.0 Å². The Labute approximate surface area is 193 Å². The Morgan fingerprint density at radius 2 is 1.74 bits per heavy atom. The lowest BCUT2D eigenvalue weighted by molar-refractivity contribution is 0.103. The van der Waals surface area contributed by atoms with E-state index in [4.69, 9.17) is 21.1 Å². The Morgan fingerprint density at radius 1 is 1.03 bits per heavy atom. The Kier molecular flexibility index (Phi) is 7.52. The van der Waals surface area contributed by atoms with Gasteiger partial charge in [-0.05, 0) is 67.6 Å². The Morgan fingerprint density at radius 3 is 2.42 bits per heavy atom. The molecular weight excluding hydrogens is 428 g/mol. The van der Waals surface area contributed by atoms with Crippen molar-refractivity contribution < 1.29 is 14.3 Å². The van der Waals surface area contributed by atoms with Gasteiger partial charge in [0, 0.05) is 32.0 Å². The minimum Gasteiger partial charge on any atom is -0.497 e. The highest BCUT2D eigenvalue weighted by Gasteiger charge is 2.26. The van der Waals surface area contributed by atoms with Crippen LogP contribution in [0.1, 0.15) is 71.7 Å². The van der Waals surface area contributed by atoms with Gasteiger partial charge in [0.25, 0.3) is 0 Å². The van der Waals surface area contributed by atoms with Crippen molar-refractivity contribution in [3.05, 3.63) is 58.5 Å². The summed E-state index contributed by atoms with van der Waals surface area (Å²) in [4.78, 5) is 15.0. The molecule has 4 rings (SSSR count). The molecule has 0 amide bonds. The lowest BCUT2D eigenvalue weighted by atomic mass is 9.91. The van der Waals surface area contributed by atoms with Crippen molar-refractivity contribution >= 4 is 38.8 Å². The molecule has 0 radical (unpaired) electrons. The van der Waals surface area contributed by atoms with Crippen LogP contribution < -0.4 is 9.47 Å². The molecule has 2 aromatic carbocycles. The summed E-state index contributed by atoms with van der Waals surface area (Å²) < 4.78 is 12.3. The minimum absolute atomic E-state index is 0.1000. The average Bonchev–Trinajstić information content (AvgIpc) is 2.97. The zero-order chi connectivity index (χ0) is 21.6. The van der Waals surface area contributed by atoms with Crippen molar-refractivity contribution in [1.29, 1.82) is 0 Å². The summed E-state index contributed by atoms with van der Waals surface area (Å²) in [6.45, 7) is 0.583. The first-order valence-electron chi connectivity index (χ1n) is 11.1. The van der Waals surface area contributed by atoms with Crippen LogP contribution in [0.2, 0.25) is 0 Å². The third kappa shape index (κ3) is 5.07. The monoisotopic (exact) mass is 456 g/mol. The zero-order valence-corrected chi connectivity index (χ0v) is 19.6. The van der Waals surface area contributed by atoms with Crippen LogP contribution >= 0.6 is 22.9 Å². The van der Waals surface area contributed by atoms with Gasteiger partial charge in [-0.25, -0.2) is 0 Å². The summed E-state index contributed by atoms with van der Waals surface area (Å²) in [6.07, 6.45) is 8.20. The third-order valence-corrected chi connectivity index (χ3v) is 7.62. The summed E-state index contributed by atoms with van der Waals surface area (Å²) >= 11 is 7.49. The van der Waals surface area contributed by atoms with Crippen molar-refractivity contribution in [3.8, 4) is 11.5 Å². The van der Waals surface area contributed by atoms with Gasteiger partial charge in [0.05, 0.1) is 13.7 Å². The van der Waals surface area contributed by atoms with Crippen LogP contribution in [0.3, 0.4) is 0 Å². The number of hydrogen-bond acceptors (Lipinski definition) is 4. The van der Waals surface area contributed by atoms with Gasteiger partial charge < -0.3 is 9.47 Å². The summed E-state index contributed by atoms with van der Waals surface area (Å²) in [6, 6.07) is 13.6. The maximum absolute atomic E-state index is 13.7. The number of halogens is 1. The molecule has 1 fully saturated rings. The van der Waals surface area contributed by atoms with E-state index in [-0.39, 0.29) is 5.78 Å². The SMILES string of the molecule is COc1ccc2c(C(=O)c3ccc(OCCCCl)cc3)c(C3CCCCCC3)sc2c1. The van der Waals surface area contributed by atoms with Gasteiger partial charge in [-0.2, -0.15) is 0 Å². The van der Waals surface area contributed by atoms with E-state index in [9.17, 15) is 4.79 Å². The maximum Gasteiger partial charge on any atom is 0.194 e. The highest BCUT2D eigenvalue weighted by atomic mass is 35.5. The van der Waals surface area contributed by atoms with Crippen LogP contribution in [-0.4, -0.2) is 25.4 Å². The number of thiophene rings is 1. The second kappa shape index (κ2) is 10.5. The predicted octanol–water partition coefficient (Wildman–Crippen LogP) is 7.59. The molecule has 1 aliphatic carbocycles. The van der Waals surface area contributed by atoms with Gasteiger partial charge in [0.2, 0.25) is 0 Å². The van der Waals surface area contributed by atoms with E-state index >= 15 is 0 Å². The quantitative estimate of drug-likeness (QED) is 0.151. The fourth-order valence-electron chi connectivity index (χ4n) is 4.38. The molecule has 3 aromatic rings. The normalized spacial score (nSPS) is 15.0. The van der Waals surface area contributed by atoms with E-state index < -0.39 is 0 Å². The second-order valence-electron chi connectivity index (χ2n) is 8.14. The first-order chi connectivity index (χ1) is 15.2. The molecule has 1 aliphatic rings. The standard InChI is InChI=1S/C26H29ClO3S/c1-29-21-13-14-22-23(17-21)31-26(19-7-4-2-3-5-8-19)24(22)25(28)18-9-11-20(12-10-18)30-16-6-15-27/h9-14,17,19H,2-8,15-16H2,1H3. The predicted molar refractivity (Wildman–Crippen MR) is 130 cm³/mol. The first kappa shape index (κ1) is 22.2. The minimum atomic E-state index is 0.1000. The fourth-order valence-corrected chi connectivity index (χ4v) is 5.89. The molecule has 1 saturated carbocycles. The van der Waals surface area contributed by atoms with Gasteiger partial charge >= 0.3 is 0 Å². The highest BCUT2D eigenvalue weighted by molar-refractivity contribution is 7.19. The fraction of sp³-hybridized carbons (Fsp3) is 0.423. The van der Waals surface area contributed by atoms with Gasteiger partial charge in [-0.3, -0.25) is 4.79 Å². The van der Waals surface area contributed by atoms with Gasteiger partial charge in [0.1, 0.15) is 11.5 Å². The smallest absolute Gasteiger partial charge is 0.194 e. The largest absolute Gasteiger partial charge is 0.497 e. The number of hydrogen-bond donors (Lipinski definition) is 0. The molecule has 5 heteroatoms. The number of rotatable bonds is 8. The molecule has 3 nitrogen and oxygen atoms in total. The zero-order valence-electron chi connectivity index (χ0n) is 18.0. The van der Waals surface area contributed by atoms with E-state index in [1.807, 2.05) is 36.4 Å². The number of ether oxygens (including phenoxy) is 2. The molecule has 0 spiro atoms. The molecule has 164 valence electrons. The molecule has 0 aliphatic heterocycles. The Balaban J connectivity index is 1.70. The first-order valence-corrected chi connectivity index (χ1v) is 12.5. The van der Waals surface area contributed by atoms with Gasteiger partial charge in [0.15, 0.2) is 5.78 Å². The summed E-state index contributed by atoms with van der Waals surface area (Å²) in [5.41, 5.74) is 1.58. The van der Waals surface area contributed by atoms with E-state index in [1.54, 1.807) is 18.4 Å². The van der Waals surface area contributed by atoms with Gasteiger partial charge in [-0.1, -0.05) is 25.7 Å². The van der Waals surface area contributed by atoms with E-state index in [0.717, 1.165) is 46.4 Å². The van der Waals surface area contributed by atoms with E-state index in [2.05, 4.69) is 6.07 Å².